The van der Waals surface area contributed by atoms with Crippen molar-refractivity contribution in [3.63, 3.8) is 0 Å². The van der Waals surface area contributed by atoms with Crippen molar-refractivity contribution < 1.29 is 4.42 Å². The van der Waals surface area contributed by atoms with Crippen LogP contribution in [0.1, 0.15) is 80.3 Å². The van der Waals surface area contributed by atoms with Gasteiger partial charge in [-0.25, -0.2) is 0 Å². The molecule has 1 unspecified atom stereocenters. The number of hydrogen-bond acceptors (Lipinski definition) is 1. The van der Waals surface area contributed by atoms with Gasteiger partial charge >= 0.3 is 0 Å². The van der Waals surface area contributed by atoms with Gasteiger partial charge in [-0.1, -0.05) is 159 Å². The molecule has 0 spiro atoms. The minimum absolute atomic E-state index is 0.153. The third-order valence-corrected chi connectivity index (χ3v) is 10.5. The molecule has 1 heteroatoms. The average molecular weight is 651 g/mol. The number of fused-ring (bicyclic) bond motifs is 6. The van der Waals surface area contributed by atoms with Crippen LogP contribution in [-0.4, -0.2) is 0 Å². The third-order valence-electron chi connectivity index (χ3n) is 10.5. The average Bonchev–Trinajstić information content (AvgIpc) is 3.60. The van der Waals surface area contributed by atoms with Crippen LogP contribution in [0.25, 0.3) is 38.7 Å². The summed E-state index contributed by atoms with van der Waals surface area (Å²) in [7, 11) is 0. The summed E-state index contributed by atoms with van der Waals surface area (Å²) in [5.41, 5.74) is 18.2. The predicted molar refractivity (Wildman–Crippen MR) is 215 cm³/mol. The molecule has 0 N–H and O–H groups in total. The van der Waals surface area contributed by atoms with Crippen LogP contribution in [0, 0.1) is 6.92 Å². The number of rotatable bonds is 5. The first-order valence-corrected chi connectivity index (χ1v) is 17.7. The van der Waals surface area contributed by atoms with Gasteiger partial charge in [0.25, 0.3) is 0 Å². The molecule has 1 heterocycles. The Kier molecular flexibility index (Phi) is 8.93. The number of para-hydroxylation sites is 1. The molecule has 50 heavy (non-hydrogen) atoms. The maximum Gasteiger partial charge on any atom is 0.136 e. The van der Waals surface area contributed by atoms with Crippen molar-refractivity contribution in [2.24, 2.45) is 0 Å². The first-order chi connectivity index (χ1) is 24.1. The highest BCUT2D eigenvalue weighted by Crippen LogP contribution is 2.55. The molecule has 6 aromatic rings. The molecule has 8 rings (SSSR count). The minimum Gasteiger partial charge on any atom is -0.456 e. The first kappa shape index (κ1) is 33.1. The van der Waals surface area contributed by atoms with Crippen LogP contribution in [0.5, 0.6) is 0 Å². The van der Waals surface area contributed by atoms with Crippen LogP contribution in [0.2, 0.25) is 0 Å². The van der Waals surface area contributed by atoms with E-state index in [1.807, 2.05) is 31.2 Å². The summed E-state index contributed by atoms with van der Waals surface area (Å²) in [6.45, 7) is 17.5. The molecule has 0 aliphatic heterocycles. The van der Waals surface area contributed by atoms with E-state index in [0.717, 1.165) is 34.1 Å². The smallest absolute Gasteiger partial charge is 0.136 e. The van der Waals surface area contributed by atoms with Gasteiger partial charge in [0.15, 0.2) is 0 Å². The zero-order valence-corrected chi connectivity index (χ0v) is 30.2. The van der Waals surface area contributed by atoms with Gasteiger partial charge in [0.05, 0.1) is 0 Å². The summed E-state index contributed by atoms with van der Waals surface area (Å²) in [5.74, 6) is 0.541. The van der Waals surface area contributed by atoms with Crippen molar-refractivity contribution in [1.82, 2.24) is 0 Å². The van der Waals surface area contributed by atoms with Gasteiger partial charge in [-0.05, 0) is 102 Å². The highest BCUT2D eigenvalue weighted by Gasteiger charge is 2.43. The summed E-state index contributed by atoms with van der Waals surface area (Å²) >= 11 is 0. The highest BCUT2D eigenvalue weighted by molar-refractivity contribution is 6.10. The second kappa shape index (κ2) is 13.5. The molecule has 5 aromatic carbocycles. The van der Waals surface area contributed by atoms with E-state index in [4.69, 9.17) is 4.42 Å². The molecule has 2 aliphatic carbocycles. The van der Waals surface area contributed by atoms with Gasteiger partial charge in [0.2, 0.25) is 0 Å². The second-order valence-corrected chi connectivity index (χ2v) is 14.5. The zero-order chi connectivity index (χ0) is 35.0. The van der Waals surface area contributed by atoms with Crippen molar-refractivity contribution >= 4 is 38.7 Å². The van der Waals surface area contributed by atoms with E-state index in [-0.39, 0.29) is 5.41 Å². The van der Waals surface area contributed by atoms with Gasteiger partial charge < -0.3 is 4.42 Å². The van der Waals surface area contributed by atoms with E-state index in [0.29, 0.717) is 5.92 Å². The number of hydrogen-bond donors (Lipinski definition) is 0. The fourth-order valence-corrected chi connectivity index (χ4v) is 8.07. The largest absolute Gasteiger partial charge is 0.456 e. The lowest BCUT2D eigenvalue weighted by atomic mass is 9.74. The van der Waals surface area contributed by atoms with E-state index in [1.54, 1.807) is 5.57 Å². The Morgan fingerprint density at radius 1 is 0.740 bits per heavy atom. The Labute approximate surface area is 297 Å². The van der Waals surface area contributed by atoms with E-state index in [1.165, 1.54) is 55.5 Å². The molecule has 2 aliphatic rings. The van der Waals surface area contributed by atoms with E-state index >= 15 is 0 Å². The molecule has 1 aromatic heterocycles. The lowest BCUT2D eigenvalue weighted by molar-refractivity contribution is 0.613. The van der Waals surface area contributed by atoms with Crippen LogP contribution in [0.4, 0.5) is 0 Å². The number of allylic oxidation sites excluding steroid dienone is 9. The fraction of sp³-hybridized carbons (Fsp3) is 0.184. The predicted octanol–water partition coefficient (Wildman–Crippen LogP) is 13.8. The molecule has 1 atom stereocenters. The maximum absolute atomic E-state index is 6.04. The van der Waals surface area contributed by atoms with E-state index < -0.39 is 0 Å². The van der Waals surface area contributed by atoms with Crippen molar-refractivity contribution in [1.29, 1.82) is 0 Å². The van der Waals surface area contributed by atoms with Gasteiger partial charge in [-0.15, -0.1) is 0 Å². The van der Waals surface area contributed by atoms with Gasteiger partial charge in [-0.3, -0.25) is 0 Å². The SMILES string of the molecule is C=C(C)/C=C(\C=C(/C)c1cccc2oc3ccccc3c12)c1ccccc1.CC1=C(c2ccccc2C)CC2C(=C1)C(C)(C)c1ccccc12. The zero-order valence-electron chi connectivity index (χ0n) is 30.2. The van der Waals surface area contributed by atoms with E-state index in [9.17, 15) is 0 Å². The quantitative estimate of drug-likeness (QED) is 0.169. The molecule has 248 valence electrons. The van der Waals surface area contributed by atoms with Gasteiger partial charge in [0.1, 0.15) is 11.2 Å². The Balaban J connectivity index is 0.000000159. The minimum atomic E-state index is 0.153. The number of aryl methyl sites for hydroxylation is 1. The van der Waals surface area contributed by atoms with Crippen molar-refractivity contribution in [2.75, 3.05) is 0 Å². The molecular formula is C49H46O. The molecule has 0 amide bonds. The lowest BCUT2D eigenvalue weighted by Gasteiger charge is -2.29. The lowest BCUT2D eigenvalue weighted by Crippen LogP contribution is -2.18. The first-order valence-electron chi connectivity index (χ1n) is 17.7. The summed E-state index contributed by atoms with van der Waals surface area (Å²) in [6.07, 6.45) is 7.96. The van der Waals surface area contributed by atoms with Crippen molar-refractivity contribution in [2.45, 2.75) is 59.3 Å². The summed E-state index contributed by atoms with van der Waals surface area (Å²) in [6, 6.07) is 42.7. The highest BCUT2D eigenvalue weighted by atomic mass is 16.3. The standard InChI is InChI=1S/C26H22O.C23H24/c1-18(2)16-21(20-10-5-4-6-11-20)17-19(3)22-13-9-15-25-26(22)23-12-7-8-14-24(23)27-25;1-15-9-5-6-10-17(15)19-14-20-18-11-7-8-12-21(18)23(3,4)22(20)13-16(19)2/h4-17H,1H2,2-3H3;5-13,20H,14H2,1-4H3/b19-17+,21-16+;. The maximum atomic E-state index is 6.04. The van der Waals surface area contributed by atoms with Crippen molar-refractivity contribution in [3.8, 4) is 0 Å². The molecular weight excluding hydrogens is 605 g/mol. The molecule has 0 fully saturated rings. The summed E-state index contributed by atoms with van der Waals surface area (Å²) in [5, 5.41) is 2.32. The molecule has 0 saturated carbocycles. The Hall–Kier alpha value is -5.40. The Morgan fingerprint density at radius 3 is 2.20 bits per heavy atom. The van der Waals surface area contributed by atoms with Gasteiger partial charge in [-0.2, -0.15) is 0 Å². The van der Waals surface area contributed by atoms with Crippen LogP contribution >= 0.6 is 0 Å². The number of benzene rings is 5. The molecule has 0 bridgehead atoms. The van der Waals surface area contributed by atoms with Crippen LogP contribution < -0.4 is 0 Å². The second-order valence-electron chi connectivity index (χ2n) is 14.5. The van der Waals surface area contributed by atoms with Crippen LogP contribution in [-0.2, 0) is 5.41 Å². The Morgan fingerprint density at radius 2 is 1.42 bits per heavy atom. The monoisotopic (exact) mass is 650 g/mol. The van der Waals surface area contributed by atoms with E-state index in [2.05, 4.69) is 156 Å². The number of furan rings is 1. The topological polar surface area (TPSA) is 13.1 Å². The fourth-order valence-electron chi connectivity index (χ4n) is 8.07. The van der Waals surface area contributed by atoms with Gasteiger partial charge in [0, 0.05) is 22.1 Å². The third kappa shape index (κ3) is 6.14. The van der Waals surface area contributed by atoms with Crippen molar-refractivity contribution in [3.05, 3.63) is 196 Å². The summed E-state index contributed by atoms with van der Waals surface area (Å²) < 4.78 is 6.04. The van der Waals surface area contributed by atoms with Crippen LogP contribution in [0.15, 0.2) is 167 Å². The molecule has 0 radical (unpaired) electrons. The molecule has 0 saturated heterocycles. The normalized spacial score (nSPS) is 16.8. The Bertz CT molecular complexity index is 2370. The molecule has 1 nitrogen and oxygen atoms in total. The summed E-state index contributed by atoms with van der Waals surface area (Å²) in [4.78, 5) is 0. The van der Waals surface area contributed by atoms with Crippen LogP contribution in [0.3, 0.4) is 0 Å².